The van der Waals surface area contributed by atoms with Crippen LogP contribution in [0.15, 0.2) is 42.5 Å². The minimum atomic E-state index is -0.00121. The molecule has 4 nitrogen and oxygen atoms in total. The molecule has 1 amide bonds. The number of carbonyl (C=O) groups is 1. The number of hydrogen-bond acceptors (Lipinski definition) is 3. The van der Waals surface area contributed by atoms with E-state index in [0.29, 0.717) is 24.4 Å². The fourth-order valence-corrected chi connectivity index (χ4v) is 2.14. The molecule has 0 unspecified atom stereocenters. The van der Waals surface area contributed by atoms with Crippen LogP contribution in [0.25, 0.3) is 0 Å². The summed E-state index contributed by atoms with van der Waals surface area (Å²) in [6.45, 7) is 2.46. The summed E-state index contributed by atoms with van der Waals surface area (Å²) in [5, 5.41) is 2.90. The fraction of sp³-hybridized carbons (Fsp3) is 0.235. The molecule has 0 heterocycles. The van der Waals surface area contributed by atoms with Gasteiger partial charge in [-0.1, -0.05) is 30.3 Å². The van der Waals surface area contributed by atoms with Crippen LogP contribution >= 0.6 is 0 Å². The van der Waals surface area contributed by atoms with E-state index in [2.05, 4.69) is 5.32 Å². The Bertz CT molecular complexity index is 638. The van der Waals surface area contributed by atoms with Gasteiger partial charge in [-0.25, -0.2) is 0 Å². The molecule has 0 saturated heterocycles. The molecular weight excluding hydrogens is 264 g/mol. The van der Waals surface area contributed by atoms with Crippen molar-refractivity contribution in [3.63, 3.8) is 0 Å². The largest absolute Gasteiger partial charge is 0.495 e. The van der Waals surface area contributed by atoms with Crippen LogP contribution in [0.5, 0.6) is 5.75 Å². The molecule has 0 fully saturated rings. The van der Waals surface area contributed by atoms with Gasteiger partial charge >= 0.3 is 0 Å². The maximum absolute atomic E-state index is 12.0. The van der Waals surface area contributed by atoms with Crippen molar-refractivity contribution in [2.24, 2.45) is 0 Å². The molecule has 0 spiro atoms. The lowest BCUT2D eigenvalue weighted by Gasteiger charge is -2.09. The summed E-state index contributed by atoms with van der Waals surface area (Å²) in [6, 6.07) is 13.4. The first-order valence-electron chi connectivity index (χ1n) is 6.83. The van der Waals surface area contributed by atoms with E-state index in [9.17, 15) is 4.79 Å². The summed E-state index contributed by atoms with van der Waals surface area (Å²) < 4.78 is 5.11. The Morgan fingerprint density at radius 1 is 1.24 bits per heavy atom. The van der Waals surface area contributed by atoms with Gasteiger partial charge in [0.1, 0.15) is 5.75 Å². The van der Waals surface area contributed by atoms with Crippen LogP contribution in [-0.4, -0.2) is 13.0 Å². The van der Waals surface area contributed by atoms with Crippen molar-refractivity contribution in [1.29, 1.82) is 0 Å². The number of amides is 1. The predicted molar refractivity (Wildman–Crippen MR) is 84.1 cm³/mol. The molecule has 0 saturated carbocycles. The quantitative estimate of drug-likeness (QED) is 0.829. The van der Waals surface area contributed by atoms with E-state index < -0.39 is 0 Å². The summed E-state index contributed by atoms with van der Waals surface area (Å²) in [4.78, 5) is 12.0. The number of rotatable bonds is 5. The second-order valence-electron chi connectivity index (χ2n) is 4.96. The number of benzene rings is 2. The van der Waals surface area contributed by atoms with Crippen molar-refractivity contribution in [1.82, 2.24) is 5.32 Å². The number of aryl methyl sites for hydroxylation is 1. The van der Waals surface area contributed by atoms with E-state index in [-0.39, 0.29) is 5.91 Å². The molecule has 0 bridgehead atoms. The highest BCUT2D eigenvalue weighted by Crippen LogP contribution is 2.21. The molecule has 4 heteroatoms. The Kier molecular flexibility index (Phi) is 4.82. The van der Waals surface area contributed by atoms with Crippen molar-refractivity contribution in [2.45, 2.75) is 19.9 Å². The molecular formula is C17H20N2O2. The van der Waals surface area contributed by atoms with E-state index in [1.165, 1.54) is 0 Å². The summed E-state index contributed by atoms with van der Waals surface area (Å²) in [6.07, 6.45) is 0.387. The van der Waals surface area contributed by atoms with Crippen LogP contribution in [0.1, 0.15) is 16.7 Å². The smallest absolute Gasteiger partial charge is 0.224 e. The third-order valence-corrected chi connectivity index (χ3v) is 3.40. The lowest BCUT2D eigenvalue weighted by molar-refractivity contribution is -0.120. The average molecular weight is 284 g/mol. The highest BCUT2D eigenvalue weighted by Gasteiger charge is 2.06. The van der Waals surface area contributed by atoms with Crippen molar-refractivity contribution >= 4 is 11.6 Å². The van der Waals surface area contributed by atoms with E-state index in [0.717, 1.165) is 16.7 Å². The molecule has 2 aromatic rings. The van der Waals surface area contributed by atoms with Crippen LogP contribution < -0.4 is 15.8 Å². The lowest BCUT2D eigenvalue weighted by atomic mass is 10.1. The molecule has 0 aliphatic carbocycles. The van der Waals surface area contributed by atoms with Crippen molar-refractivity contribution < 1.29 is 9.53 Å². The van der Waals surface area contributed by atoms with E-state index >= 15 is 0 Å². The zero-order valence-electron chi connectivity index (χ0n) is 12.3. The van der Waals surface area contributed by atoms with Crippen molar-refractivity contribution in [2.75, 3.05) is 12.8 Å². The van der Waals surface area contributed by atoms with Gasteiger partial charge in [-0.3, -0.25) is 4.79 Å². The van der Waals surface area contributed by atoms with Crippen LogP contribution in [0.3, 0.4) is 0 Å². The summed E-state index contributed by atoms with van der Waals surface area (Å²) >= 11 is 0. The predicted octanol–water partition coefficient (Wildman–Crippen LogP) is 2.44. The van der Waals surface area contributed by atoms with Gasteiger partial charge in [-0.15, -0.1) is 0 Å². The minimum absolute atomic E-state index is 0.00121. The van der Waals surface area contributed by atoms with Gasteiger partial charge < -0.3 is 15.8 Å². The van der Waals surface area contributed by atoms with Gasteiger partial charge in [0.25, 0.3) is 0 Å². The van der Waals surface area contributed by atoms with Gasteiger partial charge in [0, 0.05) is 6.54 Å². The number of nitrogens with two attached hydrogens (primary N) is 1. The number of hydrogen-bond donors (Lipinski definition) is 2. The van der Waals surface area contributed by atoms with Crippen LogP contribution in [0, 0.1) is 6.92 Å². The van der Waals surface area contributed by atoms with E-state index in [1.54, 1.807) is 13.2 Å². The van der Waals surface area contributed by atoms with Crippen molar-refractivity contribution in [3.05, 3.63) is 59.2 Å². The third-order valence-electron chi connectivity index (χ3n) is 3.40. The highest BCUT2D eigenvalue weighted by molar-refractivity contribution is 5.79. The maximum atomic E-state index is 12.0. The molecule has 0 atom stereocenters. The molecule has 0 radical (unpaired) electrons. The van der Waals surface area contributed by atoms with Gasteiger partial charge in [0.15, 0.2) is 0 Å². The number of methoxy groups -OCH3 is 1. The molecule has 2 rings (SSSR count). The third kappa shape index (κ3) is 3.99. The molecule has 2 aromatic carbocycles. The van der Waals surface area contributed by atoms with Crippen LogP contribution in [0.4, 0.5) is 5.69 Å². The standard InChI is InChI=1S/C17H20N2O2/c1-12-5-3-4-6-14(12)10-17(20)19-11-13-7-8-16(21-2)15(18)9-13/h3-9H,10-11,18H2,1-2H3,(H,19,20). The Balaban J connectivity index is 1.92. The average Bonchev–Trinajstić information content (AvgIpc) is 2.48. The molecule has 110 valence electrons. The second kappa shape index (κ2) is 6.79. The molecule has 0 aliphatic heterocycles. The molecule has 0 aromatic heterocycles. The lowest BCUT2D eigenvalue weighted by Crippen LogP contribution is -2.24. The Morgan fingerprint density at radius 3 is 2.67 bits per heavy atom. The zero-order chi connectivity index (χ0) is 15.2. The first-order valence-corrected chi connectivity index (χ1v) is 6.83. The second-order valence-corrected chi connectivity index (χ2v) is 4.96. The number of anilines is 1. The Labute approximate surface area is 124 Å². The first-order chi connectivity index (χ1) is 10.1. The summed E-state index contributed by atoms with van der Waals surface area (Å²) in [5.74, 6) is 0.642. The summed E-state index contributed by atoms with van der Waals surface area (Å²) in [5.41, 5.74) is 9.54. The first kappa shape index (κ1) is 14.9. The minimum Gasteiger partial charge on any atom is -0.495 e. The normalized spacial score (nSPS) is 10.2. The van der Waals surface area contributed by atoms with Crippen molar-refractivity contribution in [3.8, 4) is 5.75 Å². The van der Waals surface area contributed by atoms with Gasteiger partial charge in [0.2, 0.25) is 5.91 Å². The van der Waals surface area contributed by atoms with E-state index in [4.69, 9.17) is 10.5 Å². The summed E-state index contributed by atoms with van der Waals surface area (Å²) in [7, 11) is 1.58. The molecule has 0 aliphatic rings. The van der Waals surface area contributed by atoms with Gasteiger partial charge in [-0.05, 0) is 35.7 Å². The molecule has 21 heavy (non-hydrogen) atoms. The zero-order valence-corrected chi connectivity index (χ0v) is 12.3. The topological polar surface area (TPSA) is 64.3 Å². The Morgan fingerprint density at radius 2 is 2.00 bits per heavy atom. The number of nitrogens with one attached hydrogen (secondary N) is 1. The highest BCUT2D eigenvalue weighted by atomic mass is 16.5. The van der Waals surface area contributed by atoms with E-state index in [1.807, 2.05) is 43.3 Å². The molecule has 3 N–H and O–H groups in total. The number of nitrogen functional groups attached to an aromatic ring is 1. The van der Waals surface area contributed by atoms with Crippen LogP contribution in [0.2, 0.25) is 0 Å². The number of carbonyl (C=O) groups excluding carboxylic acids is 1. The van der Waals surface area contributed by atoms with Gasteiger partial charge in [-0.2, -0.15) is 0 Å². The monoisotopic (exact) mass is 284 g/mol. The Hall–Kier alpha value is -2.49. The SMILES string of the molecule is COc1ccc(CNC(=O)Cc2ccccc2C)cc1N. The maximum Gasteiger partial charge on any atom is 0.224 e. The van der Waals surface area contributed by atoms with Gasteiger partial charge in [0.05, 0.1) is 19.2 Å². The van der Waals surface area contributed by atoms with Crippen LogP contribution in [-0.2, 0) is 17.8 Å². The number of ether oxygens (including phenoxy) is 1. The fourth-order valence-electron chi connectivity index (χ4n) is 2.14.